The summed E-state index contributed by atoms with van der Waals surface area (Å²) in [5, 5.41) is 3.10. The molecule has 3 nitrogen and oxygen atoms in total. The van der Waals surface area contributed by atoms with Crippen molar-refractivity contribution in [3.63, 3.8) is 0 Å². The number of nitrogens with zero attached hydrogens (tertiary/aromatic N) is 2. The third kappa shape index (κ3) is 4.34. The minimum absolute atomic E-state index is 0.211. The van der Waals surface area contributed by atoms with Gasteiger partial charge in [-0.05, 0) is 30.8 Å². The fraction of sp³-hybridized carbons (Fsp3) is 0.267. The smallest absolute Gasteiger partial charge is 0.146 e. The molecule has 1 aromatic carbocycles. The van der Waals surface area contributed by atoms with Gasteiger partial charge >= 0.3 is 0 Å². The summed E-state index contributed by atoms with van der Waals surface area (Å²) in [6, 6.07) is 10.7. The standard InChI is InChI=1S/C15H18FN3/c1-19(12-13-5-4-8-17-11-13)10-9-18-15-7-3-2-6-14(15)16/h2-8,11,18H,9-10,12H2,1H3. The number of anilines is 1. The summed E-state index contributed by atoms with van der Waals surface area (Å²) in [5.74, 6) is -0.211. The Hall–Kier alpha value is -1.94. The fourth-order valence-electron chi connectivity index (χ4n) is 1.87. The van der Waals surface area contributed by atoms with Crippen LogP contribution >= 0.6 is 0 Å². The largest absolute Gasteiger partial charge is 0.381 e. The molecule has 0 radical (unpaired) electrons. The second-order valence-electron chi connectivity index (χ2n) is 4.51. The van der Waals surface area contributed by atoms with E-state index in [9.17, 15) is 4.39 Å². The van der Waals surface area contributed by atoms with Crippen molar-refractivity contribution in [3.05, 3.63) is 60.2 Å². The molecule has 0 fully saturated rings. The first kappa shape index (κ1) is 13.5. The number of likely N-dealkylation sites (N-methyl/N-ethyl adjacent to an activating group) is 1. The molecule has 0 atom stereocenters. The lowest BCUT2D eigenvalue weighted by Crippen LogP contribution is -2.25. The Morgan fingerprint density at radius 1 is 1.21 bits per heavy atom. The highest BCUT2D eigenvalue weighted by molar-refractivity contribution is 5.44. The van der Waals surface area contributed by atoms with E-state index in [0.717, 1.165) is 13.1 Å². The molecule has 4 heteroatoms. The quantitative estimate of drug-likeness (QED) is 0.864. The Morgan fingerprint density at radius 2 is 2.05 bits per heavy atom. The summed E-state index contributed by atoms with van der Waals surface area (Å²) in [4.78, 5) is 6.26. The lowest BCUT2D eigenvalue weighted by atomic mass is 10.2. The van der Waals surface area contributed by atoms with E-state index < -0.39 is 0 Å². The van der Waals surface area contributed by atoms with Crippen molar-refractivity contribution >= 4 is 5.69 Å². The van der Waals surface area contributed by atoms with Crippen LogP contribution in [0.1, 0.15) is 5.56 Å². The average molecular weight is 259 g/mol. The molecule has 100 valence electrons. The molecule has 19 heavy (non-hydrogen) atoms. The number of hydrogen-bond donors (Lipinski definition) is 1. The maximum absolute atomic E-state index is 13.4. The summed E-state index contributed by atoms with van der Waals surface area (Å²) >= 11 is 0. The normalized spacial score (nSPS) is 10.7. The number of pyridine rings is 1. The lowest BCUT2D eigenvalue weighted by molar-refractivity contribution is 0.339. The molecule has 0 saturated heterocycles. The molecule has 1 aromatic heterocycles. The number of halogens is 1. The van der Waals surface area contributed by atoms with E-state index in [0.29, 0.717) is 12.2 Å². The SMILES string of the molecule is CN(CCNc1ccccc1F)Cc1cccnc1. The van der Waals surface area contributed by atoms with Crippen LogP contribution in [0.15, 0.2) is 48.8 Å². The zero-order valence-electron chi connectivity index (χ0n) is 11.0. The van der Waals surface area contributed by atoms with Gasteiger partial charge in [-0.1, -0.05) is 18.2 Å². The van der Waals surface area contributed by atoms with Gasteiger partial charge < -0.3 is 10.2 Å². The van der Waals surface area contributed by atoms with Crippen LogP contribution in [0.2, 0.25) is 0 Å². The second-order valence-corrected chi connectivity index (χ2v) is 4.51. The van der Waals surface area contributed by atoms with Gasteiger partial charge in [0.15, 0.2) is 0 Å². The highest BCUT2D eigenvalue weighted by Gasteiger charge is 2.02. The molecule has 0 amide bonds. The van der Waals surface area contributed by atoms with Crippen molar-refractivity contribution in [2.24, 2.45) is 0 Å². The molecule has 2 aromatic rings. The number of nitrogens with one attached hydrogen (secondary N) is 1. The number of benzene rings is 1. The van der Waals surface area contributed by atoms with Crippen LogP contribution in [0.5, 0.6) is 0 Å². The van der Waals surface area contributed by atoms with Gasteiger partial charge in [-0.2, -0.15) is 0 Å². The highest BCUT2D eigenvalue weighted by Crippen LogP contribution is 2.11. The van der Waals surface area contributed by atoms with E-state index >= 15 is 0 Å². The van der Waals surface area contributed by atoms with Gasteiger partial charge in [0.2, 0.25) is 0 Å². The van der Waals surface area contributed by atoms with E-state index in [-0.39, 0.29) is 5.82 Å². The molecular weight excluding hydrogens is 241 g/mol. The first-order chi connectivity index (χ1) is 9.25. The molecule has 0 aliphatic heterocycles. The molecule has 2 rings (SSSR count). The highest BCUT2D eigenvalue weighted by atomic mass is 19.1. The first-order valence-corrected chi connectivity index (χ1v) is 6.31. The number of para-hydroxylation sites is 1. The third-order valence-corrected chi connectivity index (χ3v) is 2.86. The van der Waals surface area contributed by atoms with Crippen molar-refractivity contribution in [1.82, 2.24) is 9.88 Å². The number of hydrogen-bond acceptors (Lipinski definition) is 3. The lowest BCUT2D eigenvalue weighted by Gasteiger charge is -2.17. The molecular formula is C15H18FN3. The summed E-state index contributed by atoms with van der Waals surface area (Å²) in [6.07, 6.45) is 3.63. The van der Waals surface area contributed by atoms with Crippen LogP contribution in [-0.2, 0) is 6.54 Å². The Labute approximate surface area is 113 Å². The Kier molecular flexibility index (Phi) is 4.86. The minimum atomic E-state index is -0.211. The van der Waals surface area contributed by atoms with Crippen LogP contribution in [0.3, 0.4) is 0 Å². The average Bonchev–Trinajstić information content (AvgIpc) is 2.42. The maximum atomic E-state index is 13.4. The summed E-state index contributed by atoms with van der Waals surface area (Å²) in [7, 11) is 2.04. The predicted octanol–water partition coefficient (Wildman–Crippen LogP) is 2.76. The van der Waals surface area contributed by atoms with Crippen LogP contribution in [0.4, 0.5) is 10.1 Å². The molecule has 1 heterocycles. The van der Waals surface area contributed by atoms with Crippen LogP contribution in [-0.4, -0.2) is 30.0 Å². The Balaban J connectivity index is 1.75. The molecule has 0 spiro atoms. The maximum Gasteiger partial charge on any atom is 0.146 e. The van der Waals surface area contributed by atoms with Gasteiger partial charge in [-0.15, -0.1) is 0 Å². The van der Waals surface area contributed by atoms with Gasteiger partial charge in [-0.3, -0.25) is 4.98 Å². The topological polar surface area (TPSA) is 28.2 Å². The zero-order valence-corrected chi connectivity index (χ0v) is 11.0. The monoisotopic (exact) mass is 259 g/mol. The molecule has 0 aliphatic carbocycles. The van der Waals surface area contributed by atoms with Gasteiger partial charge in [0.1, 0.15) is 5.82 Å². The van der Waals surface area contributed by atoms with Crippen LogP contribution in [0, 0.1) is 5.82 Å². The minimum Gasteiger partial charge on any atom is -0.381 e. The molecule has 0 unspecified atom stereocenters. The van der Waals surface area contributed by atoms with Gasteiger partial charge in [-0.25, -0.2) is 4.39 Å². The Morgan fingerprint density at radius 3 is 2.79 bits per heavy atom. The molecule has 0 aliphatic rings. The fourth-order valence-corrected chi connectivity index (χ4v) is 1.87. The van der Waals surface area contributed by atoms with E-state index in [1.54, 1.807) is 18.3 Å². The molecule has 1 N–H and O–H groups in total. The summed E-state index contributed by atoms with van der Waals surface area (Å²) < 4.78 is 13.4. The van der Waals surface area contributed by atoms with E-state index in [4.69, 9.17) is 0 Å². The van der Waals surface area contributed by atoms with Crippen molar-refractivity contribution in [2.75, 3.05) is 25.5 Å². The number of rotatable bonds is 6. The van der Waals surface area contributed by atoms with Gasteiger partial charge in [0, 0.05) is 32.0 Å². The zero-order chi connectivity index (χ0) is 13.5. The van der Waals surface area contributed by atoms with Crippen LogP contribution < -0.4 is 5.32 Å². The Bertz CT molecular complexity index is 502. The van der Waals surface area contributed by atoms with Crippen molar-refractivity contribution in [1.29, 1.82) is 0 Å². The number of aromatic nitrogens is 1. The second kappa shape index (κ2) is 6.85. The van der Waals surface area contributed by atoms with Gasteiger partial charge in [0.25, 0.3) is 0 Å². The van der Waals surface area contributed by atoms with Crippen molar-refractivity contribution in [3.8, 4) is 0 Å². The van der Waals surface area contributed by atoms with E-state index in [1.807, 2.05) is 31.4 Å². The first-order valence-electron chi connectivity index (χ1n) is 6.31. The molecule has 0 saturated carbocycles. The van der Waals surface area contributed by atoms with E-state index in [2.05, 4.69) is 15.2 Å². The van der Waals surface area contributed by atoms with Crippen molar-refractivity contribution in [2.45, 2.75) is 6.54 Å². The van der Waals surface area contributed by atoms with Crippen LogP contribution in [0.25, 0.3) is 0 Å². The summed E-state index contributed by atoms with van der Waals surface area (Å²) in [5.41, 5.74) is 1.73. The van der Waals surface area contributed by atoms with Crippen molar-refractivity contribution < 1.29 is 4.39 Å². The predicted molar refractivity (Wildman–Crippen MR) is 75.5 cm³/mol. The van der Waals surface area contributed by atoms with E-state index in [1.165, 1.54) is 11.6 Å². The molecule has 0 bridgehead atoms. The summed E-state index contributed by atoms with van der Waals surface area (Å²) in [6.45, 7) is 2.38. The van der Waals surface area contributed by atoms with Gasteiger partial charge in [0.05, 0.1) is 5.69 Å². The third-order valence-electron chi connectivity index (χ3n) is 2.86.